The quantitative estimate of drug-likeness (QED) is 0.518. The molecule has 2 aromatic rings. The van der Waals surface area contributed by atoms with Crippen molar-refractivity contribution in [2.24, 2.45) is 0 Å². The fourth-order valence-electron chi connectivity index (χ4n) is 2.28. The number of esters is 1. The Morgan fingerprint density at radius 1 is 1.10 bits per heavy atom. The molecule has 2 nitrogen and oxygen atoms in total. The highest BCUT2D eigenvalue weighted by Gasteiger charge is 2.15. The van der Waals surface area contributed by atoms with Crippen molar-refractivity contribution in [1.29, 1.82) is 0 Å². The first-order valence-corrected chi connectivity index (χ1v) is 6.71. The van der Waals surface area contributed by atoms with Gasteiger partial charge in [-0.05, 0) is 35.6 Å². The lowest BCUT2D eigenvalue weighted by atomic mass is 10.1. The molecule has 102 valence electrons. The summed E-state index contributed by atoms with van der Waals surface area (Å²) in [7, 11) is 0. The van der Waals surface area contributed by atoms with E-state index in [0.29, 0.717) is 6.61 Å². The van der Waals surface area contributed by atoms with Crippen LogP contribution >= 0.6 is 0 Å². The molecule has 0 N–H and O–H groups in total. The molecule has 20 heavy (non-hydrogen) atoms. The highest BCUT2D eigenvalue weighted by atomic mass is 16.5. The van der Waals surface area contributed by atoms with Crippen LogP contribution in [0.3, 0.4) is 0 Å². The van der Waals surface area contributed by atoms with Crippen molar-refractivity contribution in [2.45, 2.75) is 13.3 Å². The highest BCUT2D eigenvalue weighted by molar-refractivity contribution is 5.81. The van der Waals surface area contributed by atoms with Gasteiger partial charge in [-0.3, -0.25) is 0 Å². The maximum atomic E-state index is 10.1. The van der Waals surface area contributed by atoms with Crippen LogP contribution in [0.5, 0.6) is 0 Å². The lowest BCUT2D eigenvalue weighted by molar-refractivity contribution is -0.137. The van der Waals surface area contributed by atoms with E-state index in [9.17, 15) is 4.79 Å². The van der Waals surface area contributed by atoms with E-state index >= 15 is 0 Å². The molecule has 0 heterocycles. The number of carbonyl (C=O) groups is 1. The van der Waals surface area contributed by atoms with Gasteiger partial charge in [0, 0.05) is 6.08 Å². The zero-order chi connectivity index (χ0) is 14.4. The smallest absolute Gasteiger partial charge is 0.330 e. The Kier molecular flexibility index (Phi) is 4.72. The molecule has 0 unspecified atom stereocenters. The van der Waals surface area contributed by atoms with Crippen LogP contribution in [0, 0.1) is 0 Å². The van der Waals surface area contributed by atoms with E-state index in [1.807, 2.05) is 0 Å². The summed E-state index contributed by atoms with van der Waals surface area (Å²) in [5, 5.41) is 0. The van der Waals surface area contributed by atoms with Crippen molar-refractivity contribution < 1.29 is 9.53 Å². The Bertz CT molecular complexity index is 571. The Hall–Kier alpha value is -2.35. The fourth-order valence-corrected chi connectivity index (χ4v) is 2.28. The van der Waals surface area contributed by atoms with Gasteiger partial charge >= 0.3 is 5.97 Å². The Morgan fingerprint density at radius 3 is 2.00 bits per heavy atom. The number of carbonyl (C=O) groups excluding carboxylic acids is 1. The largest absolute Gasteiger partial charge is 0.463 e. The lowest BCUT2D eigenvalue weighted by Crippen LogP contribution is -1.97. The van der Waals surface area contributed by atoms with Crippen LogP contribution in [-0.2, 0) is 16.0 Å². The lowest BCUT2D eigenvalue weighted by Gasteiger charge is -1.98. The predicted molar refractivity (Wildman–Crippen MR) is 81.5 cm³/mol. The van der Waals surface area contributed by atoms with Crippen molar-refractivity contribution in [3.05, 3.63) is 72.3 Å². The van der Waals surface area contributed by atoms with E-state index < -0.39 is 0 Å². The first-order valence-electron chi connectivity index (χ1n) is 6.71. The van der Waals surface area contributed by atoms with E-state index in [1.165, 1.54) is 22.3 Å². The minimum atomic E-state index is -0.359. The second-order valence-electron chi connectivity index (χ2n) is 4.45. The average Bonchev–Trinajstić information content (AvgIpc) is 2.87. The molecule has 0 saturated carbocycles. The second kappa shape index (κ2) is 6.71. The van der Waals surface area contributed by atoms with Crippen molar-refractivity contribution >= 4 is 5.97 Å². The van der Waals surface area contributed by atoms with Crippen LogP contribution in [0.15, 0.2) is 61.2 Å². The maximum Gasteiger partial charge on any atom is 0.330 e. The van der Waals surface area contributed by atoms with E-state index in [-0.39, 0.29) is 5.97 Å². The van der Waals surface area contributed by atoms with Gasteiger partial charge in [-0.25, -0.2) is 4.79 Å². The summed E-state index contributed by atoms with van der Waals surface area (Å²) in [5.41, 5.74) is 5.75. The Balaban J connectivity index is 0.000000182. The molecule has 0 saturated heterocycles. The van der Waals surface area contributed by atoms with Gasteiger partial charge in [0.25, 0.3) is 0 Å². The summed E-state index contributed by atoms with van der Waals surface area (Å²) in [6, 6.07) is 17.3. The van der Waals surface area contributed by atoms with Crippen LogP contribution in [0.2, 0.25) is 0 Å². The number of hydrogen-bond donors (Lipinski definition) is 0. The minimum absolute atomic E-state index is 0.359. The summed E-state index contributed by atoms with van der Waals surface area (Å²) in [5.74, 6) is -0.359. The fraction of sp³-hybridized carbons (Fsp3) is 0.167. The third-order valence-electron chi connectivity index (χ3n) is 3.16. The molecular formula is C18H18O2. The molecule has 0 spiro atoms. The molecule has 0 aliphatic heterocycles. The molecule has 1 aliphatic carbocycles. The molecule has 3 rings (SSSR count). The Labute approximate surface area is 119 Å². The van der Waals surface area contributed by atoms with Gasteiger partial charge in [-0.2, -0.15) is 0 Å². The highest BCUT2D eigenvalue weighted by Crippen LogP contribution is 2.35. The molecule has 0 atom stereocenters. The summed E-state index contributed by atoms with van der Waals surface area (Å²) in [6.45, 7) is 5.38. The molecular weight excluding hydrogens is 248 g/mol. The van der Waals surface area contributed by atoms with E-state index in [4.69, 9.17) is 0 Å². The third-order valence-corrected chi connectivity index (χ3v) is 3.16. The Morgan fingerprint density at radius 2 is 1.60 bits per heavy atom. The van der Waals surface area contributed by atoms with E-state index in [2.05, 4.69) is 59.8 Å². The standard InChI is InChI=1S/C13H10.C5H8O2/c1-3-7-12-10(5-1)9-11-6-2-4-8-13(11)12;1-3-5(6)7-4-2/h1-8H,9H2;3H,1,4H2,2H3. The summed E-state index contributed by atoms with van der Waals surface area (Å²) >= 11 is 0. The van der Waals surface area contributed by atoms with Crippen molar-refractivity contribution in [3.8, 4) is 11.1 Å². The van der Waals surface area contributed by atoms with Gasteiger partial charge in [0.2, 0.25) is 0 Å². The molecule has 0 radical (unpaired) electrons. The normalized spacial score (nSPS) is 10.7. The third kappa shape index (κ3) is 3.15. The molecule has 0 amide bonds. The molecule has 0 fully saturated rings. The van der Waals surface area contributed by atoms with Crippen LogP contribution in [0.25, 0.3) is 11.1 Å². The summed E-state index contributed by atoms with van der Waals surface area (Å²) in [4.78, 5) is 10.1. The number of rotatable bonds is 2. The van der Waals surface area contributed by atoms with Crippen LogP contribution in [-0.4, -0.2) is 12.6 Å². The first-order chi connectivity index (χ1) is 9.76. The molecule has 1 aliphatic rings. The molecule has 2 heteroatoms. The number of fused-ring (bicyclic) bond motifs is 3. The van der Waals surface area contributed by atoms with Crippen LogP contribution in [0.4, 0.5) is 0 Å². The molecule has 2 aromatic carbocycles. The van der Waals surface area contributed by atoms with Crippen molar-refractivity contribution in [3.63, 3.8) is 0 Å². The van der Waals surface area contributed by atoms with Crippen molar-refractivity contribution in [1.82, 2.24) is 0 Å². The monoisotopic (exact) mass is 266 g/mol. The van der Waals surface area contributed by atoms with Gasteiger partial charge in [0.15, 0.2) is 0 Å². The average molecular weight is 266 g/mol. The summed E-state index contributed by atoms with van der Waals surface area (Å²) < 4.78 is 4.43. The van der Waals surface area contributed by atoms with Gasteiger partial charge in [-0.15, -0.1) is 0 Å². The second-order valence-corrected chi connectivity index (χ2v) is 4.45. The molecule has 0 aromatic heterocycles. The van der Waals surface area contributed by atoms with Crippen LogP contribution < -0.4 is 0 Å². The predicted octanol–water partition coefficient (Wildman–Crippen LogP) is 3.99. The number of ether oxygens (including phenoxy) is 1. The topological polar surface area (TPSA) is 26.3 Å². The number of benzene rings is 2. The zero-order valence-electron chi connectivity index (χ0n) is 11.6. The van der Waals surface area contributed by atoms with E-state index in [0.717, 1.165) is 12.5 Å². The van der Waals surface area contributed by atoms with Gasteiger partial charge in [-0.1, -0.05) is 55.1 Å². The first kappa shape index (κ1) is 14.1. The van der Waals surface area contributed by atoms with E-state index in [1.54, 1.807) is 6.92 Å². The van der Waals surface area contributed by atoms with Gasteiger partial charge in [0.1, 0.15) is 0 Å². The molecule has 0 bridgehead atoms. The van der Waals surface area contributed by atoms with Gasteiger partial charge < -0.3 is 4.74 Å². The zero-order valence-corrected chi connectivity index (χ0v) is 11.6. The van der Waals surface area contributed by atoms with Gasteiger partial charge in [0.05, 0.1) is 6.61 Å². The maximum absolute atomic E-state index is 10.1. The minimum Gasteiger partial charge on any atom is -0.463 e. The SMILES string of the molecule is C=CC(=O)OCC.c1ccc2c(c1)Cc1ccccc1-2. The number of hydrogen-bond acceptors (Lipinski definition) is 2. The van der Waals surface area contributed by atoms with Crippen molar-refractivity contribution in [2.75, 3.05) is 6.61 Å². The summed E-state index contributed by atoms with van der Waals surface area (Å²) in [6.07, 6.45) is 2.25. The van der Waals surface area contributed by atoms with Crippen LogP contribution in [0.1, 0.15) is 18.1 Å².